The minimum Gasteiger partial charge on any atom is -0.493 e. The Bertz CT molecular complexity index is 896. The van der Waals surface area contributed by atoms with Crippen molar-refractivity contribution in [2.24, 2.45) is 0 Å². The first-order chi connectivity index (χ1) is 13.7. The quantitative estimate of drug-likeness (QED) is 0.579. The Morgan fingerprint density at radius 2 is 1.43 bits per heavy atom. The number of benzene rings is 3. The normalized spacial score (nSPS) is 10.4. The molecule has 28 heavy (non-hydrogen) atoms. The summed E-state index contributed by atoms with van der Waals surface area (Å²) in [6.07, 6.45) is 0. The molecular weight excluding hydrogens is 354 g/mol. The second-order valence-corrected chi connectivity index (χ2v) is 6.16. The van der Waals surface area contributed by atoms with Gasteiger partial charge in [-0.3, -0.25) is 0 Å². The smallest absolute Gasteiger partial charge is 0.203 e. The van der Waals surface area contributed by atoms with Gasteiger partial charge in [0, 0.05) is 18.7 Å². The molecule has 3 aromatic carbocycles. The van der Waals surface area contributed by atoms with Crippen LogP contribution >= 0.6 is 0 Å². The average Bonchev–Trinajstić information content (AvgIpc) is 2.74. The largest absolute Gasteiger partial charge is 0.493 e. The van der Waals surface area contributed by atoms with Crippen LogP contribution in [0.4, 0.5) is 0 Å². The van der Waals surface area contributed by atoms with Gasteiger partial charge in [0.2, 0.25) is 5.75 Å². The zero-order chi connectivity index (χ0) is 19.8. The summed E-state index contributed by atoms with van der Waals surface area (Å²) in [5.41, 5.74) is 2.13. The van der Waals surface area contributed by atoms with Crippen molar-refractivity contribution in [1.29, 1.82) is 0 Å². The van der Waals surface area contributed by atoms with Crippen molar-refractivity contribution in [2.45, 2.75) is 13.1 Å². The molecule has 0 aliphatic carbocycles. The summed E-state index contributed by atoms with van der Waals surface area (Å²) >= 11 is 0. The minimum atomic E-state index is 0.600. The molecule has 5 heteroatoms. The number of para-hydroxylation sites is 1. The van der Waals surface area contributed by atoms with Gasteiger partial charge in [-0.25, -0.2) is 0 Å². The molecule has 0 amide bonds. The van der Waals surface area contributed by atoms with E-state index in [1.165, 1.54) is 0 Å². The zero-order valence-electron chi connectivity index (χ0n) is 16.4. The van der Waals surface area contributed by atoms with Gasteiger partial charge < -0.3 is 24.3 Å². The lowest BCUT2D eigenvalue weighted by Crippen LogP contribution is -2.14. The van der Waals surface area contributed by atoms with Gasteiger partial charge in [-0.05, 0) is 35.9 Å². The minimum absolute atomic E-state index is 0.600. The molecule has 0 radical (unpaired) electrons. The van der Waals surface area contributed by atoms with E-state index < -0.39 is 0 Å². The van der Waals surface area contributed by atoms with E-state index >= 15 is 0 Å². The summed E-state index contributed by atoms with van der Waals surface area (Å²) in [6, 6.07) is 21.7. The third-order valence-corrected chi connectivity index (χ3v) is 4.31. The Balaban J connectivity index is 1.65. The molecule has 0 spiro atoms. The number of rotatable bonds is 9. The maximum Gasteiger partial charge on any atom is 0.203 e. The lowest BCUT2D eigenvalue weighted by Gasteiger charge is -2.16. The molecule has 0 saturated heterocycles. The number of ether oxygens (including phenoxy) is 4. The van der Waals surface area contributed by atoms with Crippen LogP contribution in [0, 0.1) is 0 Å². The van der Waals surface area contributed by atoms with E-state index in [1.807, 2.05) is 60.7 Å². The van der Waals surface area contributed by atoms with Crippen molar-refractivity contribution in [3.63, 3.8) is 0 Å². The van der Waals surface area contributed by atoms with E-state index in [4.69, 9.17) is 18.9 Å². The fourth-order valence-corrected chi connectivity index (χ4v) is 2.99. The van der Waals surface area contributed by atoms with Crippen LogP contribution in [0.2, 0.25) is 0 Å². The Morgan fingerprint density at radius 3 is 2.14 bits per heavy atom. The van der Waals surface area contributed by atoms with E-state index in [2.05, 4.69) is 11.4 Å². The van der Waals surface area contributed by atoms with Crippen LogP contribution in [0.3, 0.4) is 0 Å². The average molecular weight is 379 g/mol. The first-order valence-electron chi connectivity index (χ1n) is 9.05. The van der Waals surface area contributed by atoms with E-state index in [0.29, 0.717) is 30.3 Å². The molecule has 0 aliphatic heterocycles. The molecule has 146 valence electrons. The second-order valence-electron chi connectivity index (χ2n) is 6.16. The first kappa shape index (κ1) is 19.6. The highest BCUT2D eigenvalue weighted by atomic mass is 16.5. The van der Waals surface area contributed by atoms with Gasteiger partial charge >= 0.3 is 0 Å². The van der Waals surface area contributed by atoms with Crippen LogP contribution in [0.15, 0.2) is 66.7 Å². The van der Waals surface area contributed by atoms with Crippen LogP contribution in [0.25, 0.3) is 0 Å². The van der Waals surface area contributed by atoms with Crippen molar-refractivity contribution in [2.75, 3.05) is 21.3 Å². The molecule has 1 N–H and O–H groups in total. The van der Waals surface area contributed by atoms with Gasteiger partial charge in [0.15, 0.2) is 11.5 Å². The Hall–Kier alpha value is -3.18. The van der Waals surface area contributed by atoms with Crippen molar-refractivity contribution in [1.82, 2.24) is 5.32 Å². The van der Waals surface area contributed by atoms with Gasteiger partial charge in [-0.1, -0.05) is 36.4 Å². The van der Waals surface area contributed by atoms with Crippen LogP contribution in [0.5, 0.6) is 28.7 Å². The van der Waals surface area contributed by atoms with Gasteiger partial charge in [0.05, 0.1) is 21.3 Å². The van der Waals surface area contributed by atoms with Crippen LogP contribution < -0.4 is 24.3 Å². The molecule has 0 fully saturated rings. The van der Waals surface area contributed by atoms with Gasteiger partial charge in [-0.15, -0.1) is 0 Å². The molecule has 3 aromatic rings. The van der Waals surface area contributed by atoms with E-state index in [-0.39, 0.29) is 0 Å². The molecule has 3 rings (SSSR count). The summed E-state index contributed by atoms with van der Waals surface area (Å²) in [6.45, 7) is 1.33. The summed E-state index contributed by atoms with van der Waals surface area (Å²) in [4.78, 5) is 0. The monoisotopic (exact) mass is 379 g/mol. The Morgan fingerprint density at radius 1 is 0.679 bits per heavy atom. The molecule has 0 heterocycles. The highest BCUT2D eigenvalue weighted by molar-refractivity contribution is 5.55. The number of methoxy groups -OCH3 is 3. The topological polar surface area (TPSA) is 49.0 Å². The van der Waals surface area contributed by atoms with Crippen molar-refractivity contribution < 1.29 is 18.9 Å². The lowest BCUT2D eigenvalue weighted by molar-refractivity contribution is 0.321. The maximum absolute atomic E-state index is 5.90. The highest BCUT2D eigenvalue weighted by Gasteiger charge is 2.15. The molecule has 0 aromatic heterocycles. The van der Waals surface area contributed by atoms with Gasteiger partial charge in [0.25, 0.3) is 0 Å². The van der Waals surface area contributed by atoms with E-state index in [1.54, 1.807) is 21.3 Å². The molecule has 0 saturated carbocycles. The number of nitrogens with one attached hydrogen (secondary N) is 1. The second kappa shape index (κ2) is 9.67. The predicted molar refractivity (Wildman–Crippen MR) is 110 cm³/mol. The Kier molecular flexibility index (Phi) is 6.76. The molecular formula is C23H25NO4. The number of hydrogen-bond donors (Lipinski definition) is 1. The summed E-state index contributed by atoms with van der Waals surface area (Å²) in [7, 11) is 4.85. The zero-order valence-corrected chi connectivity index (χ0v) is 16.4. The molecule has 5 nitrogen and oxygen atoms in total. The molecule has 0 aliphatic rings. The molecule has 0 bridgehead atoms. The lowest BCUT2D eigenvalue weighted by atomic mass is 10.1. The van der Waals surface area contributed by atoms with Crippen LogP contribution in [-0.4, -0.2) is 21.3 Å². The number of hydrogen-bond acceptors (Lipinski definition) is 5. The first-order valence-corrected chi connectivity index (χ1v) is 9.05. The van der Waals surface area contributed by atoms with E-state index in [9.17, 15) is 0 Å². The third kappa shape index (κ3) is 4.75. The third-order valence-electron chi connectivity index (χ3n) is 4.31. The SMILES string of the molecule is COc1ccc(CNCc2cccc(Oc3ccccc3)c2)c(OC)c1OC. The highest BCUT2D eigenvalue weighted by Crippen LogP contribution is 2.39. The summed E-state index contributed by atoms with van der Waals surface area (Å²) in [5.74, 6) is 3.56. The Labute approximate surface area is 165 Å². The van der Waals surface area contributed by atoms with Crippen molar-refractivity contribution in [3.8, 4) is 28.7 Å². The fraction of sp³-hybridized carbons (Fsp3) is 0.217. The standard InChI is InChI=1S/C23H25NO4/c1-25-21-13-12-18(22(26-2)23(21)27-3)16-24-15-17-8-7-11-20(14-17)28-19-9-5-4-6-10-19/h4-14,24H,15-16H2,1-3H3. The van der Waals surface area contributed by atoms with Gasteiger partial charge in [0.1, 0.15) is 11.5 Å². The predicted octanol–water partition coefficient (Wildman–Crippen LogP) is 4.79. The van der Waals surface area contributed by atoms with E-state index in [0.717, 1.165) is 22.6 Å². The van der Waals surface area contributed by atoms with Crippen LogP contribution in [-0.2, 0) is 13.1 Å². The fourth-order valence-electron chi connectivity index (χ4n) is 2.99. The van der Waals surface area contributed by atoms with Crippen molar-refractivity contribution >= 4 is 0 Å². The van der Waals surface area contributed by atoms with Gasteiger partial charge in [-0.2, -0.15) is 0 Å². The molecule has 0 unspecified atom stereocenters. The maximum atomic E-state index is 5.90. The molecule has 0 atom stereocenters. The van der Waals surface area contributed by atoms with Crippen LogP contribution in [0.1, 0.15) is 11.1 Å². The van der Waals surface area contributed by atoms with Crippen molar-refractivity contribution in [3.05, 3.63) is 77.9 Å². The summed E-state index contributed by atoms with van der Waals surface area (Å²) in [5, 5.41) is 3.44. The summed E-state index contributed by atoms with van der Waals surface area (Å²) < 4.78 is 22.2.